The topological polar surface area (TPSA) is 0 Å². The zero-order valence-corrected chi connectivity index (χ0v) is 9.89. The van der Waals surface area contributed by atoms with Crippen LogP contribution in [0.4, 0.5) is 4.39 Å². The molecule has 0 amide bonds. The number of rotatable bonds is 1. The van der Waals surface area contributed by atoms with Crippen LogP contribution in [0.1, 0.15) is 0 Å². The fourth-order valence-electron chi connectivity index (χ4n) is 0.531. The van der Waals surface area contributed by atoms with E-state index in [0.717, 1.165) is 0 Å². The Kier molecular flexibility index (Phi) is 6.06. The van der Waals surface area contributed by atoms with Gasteiger partial charge in [0.2, 0.25) is 0 Å². The van der Waals surface area contributed by atoms with Crippen LogP contribution in [-0.2, 0) is 0 Å². The van der Waals surface area contributed by atoms with Gasteiger partial charge in [0.15, 0.2) is 0 Å². The van der Waals surface area contributed by atoms with E-state index >= 15 is 0 Å². The van der Waals surface area contributed by atoms with Crippen molar-refractivity contribution in [3.05, 3.63) is 30.1 Å². The Morgan fingerprint density at radius 3 is 2.10 bits per heavy atom. The molecule has 1 aromatic carbocycles. The maximum atomic E-state index is 12.2. The van der Waals surface area contributed by atoms with Crippen LogP contribution in [0.3, 0.4) is 0 Å². The largest absolute Gasteiger partial charge is 1.00 e. The molecule has 0 radical (unpaired) electrons. The van der Waals surface area contributed by atoms with E-state index in [0.29, 0.717) is 11.9 Å². The Hall–Kier alpha value is 0.916. The molecule has 1 aromatic rings. The molecule has 0 saturated carbocycles. The Balaban J connectivity index is 0.000000810. The van der Waals surface area contributed by atoms with E-state index in [1.165, 1.54) is 16.6 Å². The predicted molar refractivity (Wildman–Crippen MR) is 37.5 cm³/mol. The predicted octanol–water partition coefficient (Wildman–Crippen LogP) is -2.76. The molecule has 0 saturated heterocycles. The van der Waals surface area contributed by atoms with Crippen LogP contribution in [0.5, 0.6) is 0 Å². The van der Waals surface area contributed by atoms with Gasteiger partial charge in [-0.1, -0.05) is 0 Å². The minimum Gasteiger partial charge on any atom is -1.00 e. The van der Waals surface area contributed by atoms with Crippen molar-refractivity contribution in [2.45, 2.75) is 0 Å². The molecule has 0 spiro atoms. The first-order valence-corrected chi connectivity index (χ1v) is 7.57. The number of benzene rings is 1. The molecular formula is C6H4BrFMgSe. The molecular weight excluding hydrogens is 274 g/mol. The van der Waals surface area contributed by atoms with Crippen molar-refractivity contribution in [3.63, 3.8) is 0 Å². The van der Waals surface area contributed by atoms with Crippen LogP contribution < -0.4 is 21.4 Å². The van der Waals surface area contributed by atoms with E-state index in [9.17, 15) is 4.39 Å². The van der Waals surface area contributed by atoms with Gasteiger partial charge in [-0.2, -0.15) is 0 Å². The molecule has 0 nitrogen and oxygen atoms in total. The molecule has 0 aliphatic rings. The molecule has 50 valence electrons. The molecule has 0 aliphatic carbocycles. The Bertz CT molecular complexity index is 189. The molecule has 0 unspecified atom stereocenters. The van der Waals surface area contributed by atoms with Crippen LogP contribution in [0, 0.1) is 5.82 Å². The molecule has 10 heavy (non-hydrogen) atoms. The molecule has 0 fully saturated rings. The standard InChI is InChI=1S/C6H5FSe.BrH.Mg/c7-5-1-3-6(8)4-2-5;;/h1-4,8H;1H;/q;;+2/p-2. The van der Waals surface area contributed by atoms with Crippen LogP contribution in [0.15, 0.2) is 24.3 Å². The minimum atomic E-state index is -0.147. The van der Waals surface area contributed by atoms with Gasteiger partial charge in [-0.25, -0.2) is 0 Å². The third kappa shape index (κ3) is 3.35. The number of halogens is 2. The first kappa shape index (κ1) is 10.9. The number of hydrogen-bond acceptors (Lipinski definition) is 0. The van der Waals surface area contributed by atoms with Gasteiger partial charge in [-0.3, -0.25) is 0 Å². The molecule has 0 heterocycles. The quantitative estimate of drug-likeness (QED) is 0.488. The Morgan fingerprint density at radius 2 is 1.70 bits per heavy atom. The van der Waals surface area contributed by atoms with Gasteiger partial charge >= 0.3 is 70.4 Å². The fraction of sp³-hybridized carbons (Fsp3) is 0. The number of hydrogen-bond donors (Lipinski definition) is 0. The van der Waals surface area contributed by atoms with E-state index < -0.39 is 0 Å². The van der Waals surface area contributed by atoms with E-state index in [4.69, 9.17) is 0 Å². The van der Waals surface area contributed by atoms with Gasteiger partial charge in [0, 0.05) is 0 Å². The average Bonchev–Trinajstić information content (AvgIpc) is 1.90. The molecule has 0 aromatic heterocycles. The third-order valence-corrected chi connectivity index (χ3v) is 3.98. The monoisotopic (exact) mass is 278 g/mol. The summed E-state index contributed by atoms with van der Waals surface area (Å²) >= 11 is 2.45. The van der Waals surface area contributed by atoms with Gasteiger partial charge in [-0.05, 0) is 0 Å². The van der Waals surface area contributed by atoms with Crippen molar-refractivity contribution in [3.8, 4) is 0 Å². The maximum Gasteiger partial charge on any atom is -1.00 e. The van der Waals surface area contributed by atoms with Gasteiger partial charge in [0.1, 0.15) is 0 Å². The summed E-state index contributed by atoms with van der Waals surface area (Å²) in [6.45, 7) is 0. The van der Waals surface area contributed by atoms with Crippen molar-refractivity contribution < 1.29 is 21.4 Å². The summed E-state index contributed by atoms with van der Waals surface area (Å²) in [6.07, 6.45) is 0. The zero-order chi connectivity index (χ0) is 6.69. The van der Waals surface area contributed by atoms with Gasteiger partial charge < -0.3 is 17.0 Å². The van der Waals surface area contributed by atoms with Gasteiger partial charge in [0.05, 0.1) is 0 Å². The molecule has 0 aliphatic heterocycles. The first-order valence-electron chi connectivity index (χ1n) is 2.50. The van der Waals surface area contributed by atoms with Crippen molar-refractivity contribution in [2.75, 3.05) is 0 Å². The second-order valence-corrected chi connectivity index (χ2v) is 4.69. The first-order chi connectivity index (χ1) is 4.33. The molecule has 0 N–H and O–H groups in total. The molecule has 4 heteroatoms. The molecule has 0 bridgehead atoms. The maximum absolute atomic E-state index is 12.2. The normalized spacial score (nSPS) is 8.70. The summed E-state index contributed by atoms with van der Waals surface area (Å²) in [4.78, 5) is 0. The van der Waals surface area contributed by atoms with Crippen LogP contribution in [0.25, 0.3) is 0 Å². The second kappa shape index (κ2) is 5.55. The Labute approximate surface area is 86.7 Å². The van der Waals surface area contributed by atoms with Crippen molar-refractivity contribution in [1.82, 2.24) is 0 Å². The van der Waals surface area contributed by atoms with Gasteiger partial charge in [-0.15, -0.1) is 0 Å². The van der Waals surface area contributed by atoms with E-state index in [-0.39, 0.29) is 22.8 Å². The summed E-state index contributed by atoms with van der Waals surface area (Å²) in [5.74, 6) is -0.147. The van der Waals surface area contributed by atoms with E-state index in [1.807, 2.05) is 31.6 Å². The average molecular weight is 278 g/mol. The van der Waals surface area contributed by atoms with Crippen LogP contribution >= 0.6 is 0 Å². The minimum absolute atomic E-state index is 0. The second-order valence-electron chi connectivity index (χ2n) is 1.60. The van der Waals surface area contributed by atoms with Crippen LogP contribution in [-0.4, -0.2) is 31.4 Å². The van der Waals surface area contributed by atoms with Crippen molar-refractivity contribution in [1.29, 1.82) is 0 Å². The summed E-state index contributed by atoms with van der Waals surface area (Å²) in [5.41, 5.74) is 0. The smallest absolute Gasteiger partial charge is 1.00 e. The van der Waals surface area contributed by atoms with E-state index in [2.05, 4.69) is 0 Å². The van der Waals surface area contributed by atoms with Crippen molar-refractivity contribution in [2.24, 2.45) is 0 Å². The zero-order valence-electron chi connectivity index (χ0n) is 5.18. The summed E-state index contributed by atoms with van der Waals surface area (Å²) in [7, 11) is 0. The summed E-state index contributed by atoms with van der Waals surface area (Å²) < 4.78 is 13.5. The molecule has 0 atom stereocenters. The SMILES string of the molecule is Fc1ccc([Se][Mg+])cc1.[Br-]. The van der Waals surface area contributed by atoms with Crippen LogP contribution in [0.2, 0.25) is 0 Å². The van der Waals surface area contributed by atoms with Gasteiger partial charge in [0.25, 0.3) is 0 Å². The fourth-order valence-corrected chi connectivity index (χ4v) is 2.22. The van der Waals surface area contributed by atoms with E-state index in [1.54, 1.807) is 0 Å². The third-order valence-electron chi connectivity index (χ3n) is 0.980. The molecule has 1 rings (SSSR count). The Morgan fingerprint density at radius 1 is 1.20 bits per heavy atom. The summed E-state index contributed by atoms with van der Waals surface area (Å²) in [6, 6.07) is 6.68. The van der Waals surface area contributed by atoms with Crippen molar-refractivity contribution >= 4 is 35.9 Å². The summed E-state index contributed by atoms with van der Waals surface area (Å²) in [5, 5.41) is 0.